The van der Waals surface area contributed by atoms with Gasteiger partial charge in [-0.3, -0.25) is 4.79 Å². The minimum atomic E-state index is -0.157. The third-order valence-corrected chi connectivity index (χ3v) is 8.29. The van der Waals surface area contributed by atoms with Crippen molar-refractivity contribution >= 4 is 83.8 Å². The summed E-state index contributed by atoms with van der Waals surface area (Å²) in [5, 5.41) is 2.96. The van der Waals surface area contributed by atoms with Crippen LogP contribution in [-0.2, 0) is 0 Å². The van der Waals surface area contributed by atoms with Crippen LogP contribution in [0.2, 0.25) is 0 Å². The Kier molecular flexibility index (Phi) is 7.02. The maximum Gasteiger partial charge on any atom is 0.256 e. The third kappa shape index (κ3) is 4.98. The number of nitrogens with one attached hydrogen (secondary N) is 1. The van der Waals surface area contributed by atoms with Crippen LogP contribution < -0.4 is 5.32 Å². The molecule has 1 aromatic heterocycles. The highest BCUT2D eigenvalue weighted by Gasteiger charge is 2.15. The van der Waals surface area contributed by atoms with E-state index in [1.165, 1.54) is 5.56 Å². The third-order valence-electron chi connectivity index (χ3n) is 5.22. The smallest absolute Gasteiger partial charge is 0.256 e. The van der Waals surface area contributed by atoms with Gasteiger partial charge >= 0.3 is 0 Å². The predicted octanol–water partition coefficient (Wildman–Crippen LogP) is 8.23. The van der Waals surface area contributed by atoms with E-state index in [-0.39, 0.29) is 5.91 Å². The molecule has 7 heteroatoms. The number of anilines is 1. The normalized spacial score (nSPS) is 12.2. The second-order valence-corrected chi connectivity index (χ2v) is 10.5. The number of benzene rings is 3. The number of nitrogens with zero attached hydrogens (tertiary/aromatic N) is 1. The van der Waals surface area contributed by atoms with Gasteiger partial charge in [-0.05, 0) is 128 Å². The van der Waals surface area contributed by atoms with E-state index < -0.39 is 0 Å². The van der Waals surface area contributed by atoms with E-state index >= 15 is 0 Å². The molecule has 158 valence electrons. The van der Waals surface area contributed by atoms with E-state index in [1.807, 2.05) is 42.5 Å². The first kappa shape index (κ1) is 22.7. The first-order chi connectivity index (χ1) is 14.9. The van der Waals surface area contributed by atoms with Gasteiger partial charge in [-0.15, -0.1) is 0 Å². The van der Waals surface area contributed by atoms with Gasteiger partial charge in [-0.25, -0.2) is 4.98 Å². The molecule has 1 heterocycles. The highest BCUT2D eigenvalue weighted by Crippen LogP contribution is 2.30. The van der Waals surface area contributed by atoms with E-state index in [4.69, 9.17) is 4.42 Å². The number of carbonyl (C=O) groups is 1. The average Bonchev–Trinajstić information content (AvgIpc) is 3.19. The molecule has 0 aliphatic heterocycles. The number of hydrogen-bond acceptors (Lipinski definition) is 3. The number of oxazole rings is 1. The molecule has 0 fully saturated rings. The van der Waals surface area contributed by atoms with Crippen LogP contribution >= 0.6 is 61.1 Å². The Hall–Kier alpha value is -1.46. The predicted molar refractivity (Wildman–Crippen MR) is 146 cm³/mol. The fraction of sp³-hybridized carbons (Fsp3) is 0.167. The molecule has 0 saturated heterocycles. The monoisotopic (exact) mass is 700 g/mol. The van der Waals surface area contributed by atoms with Crippen molar-refractivity contribution in [2.24, 2.45) is 0 Å². The first-order valence-electron chi connectivity index (χ1n) is 9.82. The fourth-order valence-electron chi connectivity index (χ4n) is 3.23. The van der Waals surface area contributed by atoms with E-state index in [9.17, 15) is 4.79 Å². The summed E-state index contributed by atoms with van der Waals surface area (Å²) < 4.78 is 8.76. The molecular formula is C24H19BrI2N2O2. The summed E-state index contributed by atoms with van der Waals surface area (Å²) in [7, 11) is 0. The Morgan fingerprint density at radius 2 is 1.87 bits per heavy atom. The topological polar surface area (TPSA) is 55.1 Å². The van der Waals surface area contributed by atoms with Crippen LogP contribution in [0.4, 0.5) is 5.69 Å². The number of hydrogen-bond donors (Lipinski definition) is 1. The Morgan fingerprint density at radius 1 is 1.13 bits per heavy atom. The first-order valence-corrected chi connectivity index (χ1v) is 12.8. The van der Waals surface area contributed by atoms with Gasteiger partial charge in [0.1, 0.15) is 5.52 Å². The standard InChI is InChI=1S/C24H19BrI2N2O2/c1-3-13(2)15-6-9-21-20(10-15)29-24(31-21)14-4-7-17(8-5-14)28-23(30)18-11-16(26)12-19(27)22(18)25/h4-13H,3H2,1-2H3,(H,28,30)/t13-/m0/s1. The molecule has 31 heavy (non-hydrogen) atoms. The largest absolute Gasteiger partial charge is 0.436 e. The second kappa shape index (κ2) is 9.58. The highest BCUT2D eigenvalue weighted by atomic mass is 127. The van der Waals surface area contributed by atoms with Gasteiger partial charge in [0, 0.05) is 22.9 Å². The summed E-state index contributed by atoms with van der Waals surface area (Å²) >= 11 is 7.94. The molecule has 4 aromatic rings. The molecule has 0 radical (unpaired) electrons. The van der Waals surface area contributed by atoms with Gasteiger partial charge in [0.05, 0.1) is 5.56 Å². The molecule has 1 N–H and O–H groups in total. The molecule has 0 aliphatic rings. The second-order valence-electron chi connectivity index (χ2n) is 7.34. The molecule has 4 nitrogen and oxygen atoms in total. The van der Waals surface area contributed by atoms with Crippen LogP contribution in [0.15, 0.2) is 63.5 Å². The molecular weight excluding hydrogens is 682 g/mol. The minimum absolute atomic E-state index is 0.157. The van der Waals surface area contributed by atoms with E-state index in [2.05, 4.69) is 97.4 Å². The van der Waals surface area contributed by atoms with Gasteiger partial charge < -0.3 is 9.73 Å². The lowest BCUT2D eigenvalue weighted by Crippen LogP contribution is -2.13. The Labute approximate surface area is 216 Å². The zero-order valence-corrected chi connectivity index (χ0v) is 22.8. The summed E-state index contributed by atoms with van der Waals surface area (Å²) in [6, 6.07) is 17.6. The molecule has 0 aliphatic carbocycles. The molecule has 3 aromatic carbocycles. The molecule has 0 spiro atoms. The van der Waals surface area contributed by atoms with Crippen molar-refractivity contribution in [3.63, 3.8) is 0 Å². The highest BCUT2D eigenvalue weighted by molar-refractivity contribution is 14.1. The van der Waals surface area contributed by atoms with Crippen molar-refractivity contribution in [3.05, 3.63) is 77.3 Å². The van der Waals surface area contributed by atoms with Crippen LogP contribution in [0, 0.1) is 7.14 Å². The van der Waals surface area contributed by atoms with Crippen molar-refractivity contribution in [3.8, 4) is 11.5 Å². The lowest BCUT2D eigenvalue weighted by atomic mass is 9.98. The van der Waals surface area contributed by atoms with Gasteiger partial charge in [0.2, 0.25) is 5.89 Å². The summed E-state index contributed by atoms with van der Waals surface area (Å²) in [5.74, 6) is 0.906. The number of halogens is 3. The van der Waals surface area contributed by atoms with Gasteiger partial charge in [-0.2, -0.15) is 0 Å². The quantitative estimate of drug-likeness (QED) is 0.169. The number of carbonyl (C=O) groups excluding carboxylic acids is 1. The van der Waals surface area contributed by atoms with Crippen LogP contribution in [0.5, 0.6) is 0 Å². The zero-order valence-electron chi connectivity index (χ0n) is 16.9. The van der Waals surface area contributed by atoms with Crippen LogP contribution in [0.1, 0.15) is 42.1 Å². The van der Waals surface area contributed by atoms with Crippen molar-refractivity contribution < 1.29 is 9.21 Å². The summed E-state index contributed by atoms with van der Waals surface area (Å²) in [5.41, 5.74) is 5.09. The van der Waals surface area contributed by atoms with Crippen molar-refractivity contribution in [1.29, 1.82) is 0 Å². The Bertz CT molecular complexity index is 1270. The summed E-state index contributed by atoms with van der Waals surface area (Å²) in [6.07, 6.45) is 1.08. The Balaban J connectivity index is 1.55. The lowest BCUT2D eigenvalue weighted by molar-refractivity contribution is 0.102. The zero-order chi connectivity index (χ0) is 22.1. The van der Waals surface area contributed by atoms with Crippen LogP contribution in [0.25, 0.3) is 22.6 Å². The number of aromatic nitrogens is 1. The van der Waals surface area contributed by atoms with E-state index in [1.54, 1.807) is 0 Å². The molecule has 1 amide bonds. The maximum absolute atomic E-state index is 12.7. The van der Waals surface area contributed by atoms with Crippen molar-refractivity contribution in [2.45, 2.75) is 26.2 Å². The molecule has 4 rings (SSSR count). The lowest BCUT2D eigenvalue weighted by Gasteiger charge is -2.09. The van der Waals surface area contributed by atoms with Gasteiger partial charge in [0.25, 0.3) is 5.91 Å². The number of fused-ring (bicyclic) bond motifs is 1. The minimum Gasteiger partial charge on any atom is -0.436 e. The number of amides is 1. The summed E-state index contributed by atoms with van der Waals surface area (Å²) in [4.78, 5) is 17.4. The van der Waals surface area contributed by atoms with Crippen molar-refractivity contribution in [2.75, 3.05) is 5.32 Å². The van der Waals surface area contributed by atoms with E-state index in [0.29, 0.717) is 23.1 Å². The van der Waals surface area contributed by atoms with Crippen LogP contribution in [0.3, 0.4) is 0 Å². The van der Waals surface area contributed by atoms with Crippen LogP contribution in [-0.4, -0.2) is 10.9 Å². The SMILES string of the molecule is CC[C@H](C)c1ccc2oc(-c3ccc(NC(=O)c4cc(I)cc(I)c4Br)cc3)nc2c1. The molecule has 0 bridgehead atoms. The molecule has 1 atom stereocenters. The fourth-order valence-corrected chi connectivity index (χ4v) is 5.48. The summed E-state index contributed by atoms with van der Waals surface area (Å²) in [6.45, 7) is 4.40. The van der Waals surface area contributed by atoms with Crippen molar-refractivity contribution in [1.82, 2.24) is 4.98 Å². The van der Waals surface area contributed by atoms with E-state index in [0.717, 1.165) is 34.7 Å². The van der Waals surface area contributed by atoms with Gasteiger partial charge in [-0.1, -0.05) is 19.9 Å². The number of rotatable bonds is 5. The maximum atomic E-state index is 12.7. The molecule has 0 saturated carbocycles. The molecule has 0 unspecified atom stereocenters. The Morgan fingerprint density at radius 3 is 2.58 bits per heavy atom. The average molecular weight is 701 g/mol. The van der Waals surface area contributed by atoms with Gasteiger partial charge in [0.15, 0.2) is 5.58 Å².